The van der Waals surface area contributed by atoms with Gasteiger partial charge in [-0.1, -0.05) is 35.4 Å². The summed E-state index contributed by atoms with van der Waals surface area (Å²) >= 11 is 6.94. The topological polar surface area (TPSA) is 79.4 Å². The number of piperidine rings is 1. The van der Waals surface area contributed by atoms with E-state index in [2.05, 4.69) is 10.3 Å². The molecule has 9 heteroatoms. The summed E-state index contributed by atoms with van der Waals surface area (Å²) in [4.78, 5) is 17.1. The number of nitrogens with one attached hydrogen (secondary N) is 1. The molecule has 0 radical (unpaired) electrons. The van der Waals surface area contributed by atoms with Gasteiger partial charge in [0.15, 0.2) is 4.47 Å². The van der Waals surface area contributed by atoms with E-state index in [1.165, 1.54) is 10.4 Å². The number of amides is 1. The van der Waals surface area contributed by atoms with E-state index in [0.717, 1.165) is 30.6 Å². The van der Waals surface area contributed by atoms with E-state index in [1.54, 1.807) is 26.0 Å². The first-order valence-electron chi connectivity index (χ1n) is 8.34. The fraction of sp³-hybridized carbons (Fsp3) is 0.412. The van der Waals surface area contributed by atoms with Crippen molar-refractivity contribution in [3.63, 3.8) is 0 Å². The van der Waals surface area contributed by atoms with Crippen LogP contribution in [0.1, 0.15) is 40.2 Å². The number of nitrogens with zero attached hydrogens (tertiary/aromatic N) is 2. The zero-order valence-corrected chi connectivity index (χ0v) is 17.0. The SMILES string of the molecule is Cc1ccc(NC(=O)c2sc(Cl)nc2C)cc1S(=O)(=O)N1CCCCC1. The number of sulfonamides is 1. The lowest BCUT2D eigenvalue weighted by molar-refractivity contribution is 0.102. The molecular weight excluding hydrogens is 394 g/mol. The van der Waals surface area contributed by atoms with Gasteiger partial charge in [0.2, 0.25) is 10.0 Å². The fourth-order valence-corrected chi connectivity index (χ4v) is 5.78. The monoisotopic (exact) mass is 413 g/mol. The maximum Gasteiger partial charge on any atom is 0.267 e. The normalized spacial score (nSPS) is 15.8. The van der Waals surface area contributed by atoms with Crippen molar-refractivity contribution in [1.82, 2.24) is 9.29 Å². The molecule has 0 spiro atoms. The van der Waals surface area contributed by atoms with Crippen molar-refractivity contribution in [2.45, 2.75) is 38.0 Å². The van der Waals surface area contributed by atoms with Crippen LogP contribution in [0, 0.1) is 13.8 Å². The molecule has 1 amide bonds. The van der Waals surface area contributed by atoms with Crippen molar-refractivity contribution in [2.75, 3.05) is 18.4 Å². The van der Waals surface area contributed by atoms with Crippen LogP contribution in [0.3, 0.4) is 0 Å². The van der Waals surface area contributed by atoms with Gasteiger partial charge in [-0.25, -0.2) is 13.4 Å². The molecule has 1 aromatic carbocycles. The maximum atomic E-state index is 13.0. The lowest BCUT2D eigenvalue weighted by Crippen LogP contribution is -2.36. The minimum absolute atomic E-state index is 0.233. The Morgan fingerprint density at radius 3 is 2.54 bits per heavy atom. The largest absolute Gasteiger partial charge is 0.321 e. The van der Waals surface area contributed by atoms with E-state index in [4.69, 9.17) is 11.6 Å². The van der Waals surface area contributed by atoms with Gasteiger partial charge in [-0.05, 0) is 44.4 Å². The summed E-state index contributed by atoms with van der Waals surface area (Å²) in [5, 5.41) is 2.74. The number of rotatable bonds is 4. The minimum Gasteiger partial charge on any atom is -0.321 e. The molecule has 0 aliphatic carbocycles. The van der Waals surface area contributed by atoms with Crippen molar-refractivity contribution in [1.29, 1.82) is 0 Å². The zero-order chi connectivity index (χ0) is 18.9. The molecule has 140 valence electrons. The van der Waals surface area contributed by atoms with Crippen molar-refractivity contribution in [3.8, 4) is 0 Å². The molecule has 1 aliphatic heterocycles. The molecule has 0 unspecified atom stereocenters. The molecule has 3 rings (SSSR count). The maximum absolute atomic E-state index is 13.0. The number of anilines is 1. The highest BCUT2D eigenvalue weighted by Gasteiger charge is 2.27. The molecule has 1 fully saturated rings. The van der Waals surface area contributed by atoms with Crippen LogP contribution in [0.5, 0.6) is 0 Å². The first-order valence-corrected chi connectivity index (χ1v) is 11.0. The molecule has 2 aromatic rings. The highest BCUT2D eigenvalue weighted by molar-refractivity contribution is 7.89. The van der Waals surface area contributed by atoms with Crippen LogP contribution < -0.4 is 5.32 Å². The Morgan fingerprint density at radius 1 is 1.23 bits per heavy atom. The quantitative estimate of drug-likeness (QED) is 0.825. The van der Waals surface area contributed by atoms with Crippen LogP contribution in [-0.2, 0) is 10.0 Å². The van der Waals surface area contributed by atoms with Gasteiger partial charge in [-0.3, -0.25) is 4.79 Å². The summed E-state index contributed by atoms with van der Waals surface area (Å²) in [6.45, 7) is 4.54. The van der Waals surface area contributed by atoms with Crippen molar-refractivity contribution in [2.24, 2.45) is 0 Å². The molecule has 1 N–H and O–H groups in total. The standard InChI is InChI=1S/C17H20ClN3O3S2/c1-11-6-7-13(20-16(22)15-12(2)19-17(18)25-15)10-14(11)26(23,24)21-8-4-3-5-9-21/h6-7,10H,3-5,8-9H2,1-2H3,(H,20,22). The lowest BCUT2D eigenvalue weighted by Gasteiger charge is -2.26. The summed E-state index contributed by atoms with van der Waals surface area (Å²) < 4.78 is 27.7. The Balaban J connectivity index is 1.88. The van der Waals surface area contributed by atoms with E-state index in [1.807, 2.05) is 0 Å². The van der Waals surface area contributed by atoms with Crippen molar-refractivity contribution in [3.05, 3.63) is 38.8 Å². The molecule has 0 atom stereocenters. The first-order chi connectivity index (χ1) is 12.3. The summed E-state index contributed by atoms with van der Waals surface area (Å²) in [6, 6.07) is 4.93. The molecule has 6 nitrogen and oxygen atoms in total. The number of thiazole rings is 1. The number of aryl methyl sites for hydroxylation is 2. The van der Waals surface area contributed by atoms with E-state index in [-0.39, 0.29) is 10.8 Å². The number of benzene rings is 1. The zero-order valence-electron chi connectivity index (χ0n) is 14.6. The Hall–Kier alpha value is -1.48. The molecule has 1 aliphatic rings. The van der Waals surface area contributed by atoms with Gasteiger partial charge in [-0.2, -0.15) is 4.31 Å². The second kappa shape index (κ2) is 7.64. The Kier molecular flexibility index (Phi) is 5.67. The van der Waals surface area contributed by atoms with Crippen LogP contribution in [0.4, 0.5) is 5.69 Å². The van der Waals surface area contributed by atoms with Crippen molar-refractivity contribution < 1.29 is 13.2 Å². The van der Waals surface area contributed by atoms with Gasteiger partial charge < -0.3 is 5.32 Å². The average Bonchev–Trinajstić information content (AvgIpc) is 2.95. The van der Waals surface area contributed by atoms with E-state index >= 15 is 0 Å². The van der Waals surface area contributed by atoms with Gasteiger partial charge >= 0.3 is 0 Å². The highest BCUT2D eigenvalue weighted by Crippen LogP contribution is 2.27. The number of hydrogen-bond donors (Lipinski definition) is 1. The summed E-state index contributed by atoms with van der Waals surface area (Å²) in [7, 11) is -3.57. The van der Waals surface area contributed by atoms with Crippen LogP contribution in [0.25, 0.3) is 0 Å². The molecular formula is C17H20ClN3O3S2. The number of halogens is 1. The predicted molar refractivity (Wildman–Crippen MR) is 104 cm³/mol. The molecule has 1 aromatic heterocycles. The fourth-order valence-electron chi connectivity index (χ4n) is 2.96. The highest BCUT2D eigenvalue weighted by atomic mass is 35.5. The van der Waals surface area contributed by atoms with Crippen LogP contribution in [0.2, 0.25) is 4.47 Å². The number of carbonyl (C=O) groups excluding carboxylic acids is 1. The number of hydrogen-bond acceptors (Lipinski definition) is 5. The Bertz CT molecular complexity index is 935. The lowest BCUT2D eigenvalue weighted by atomic mass is 10.2. The molecule has 2 heterocycles. The molecule has 1 saturated heterocycles. The van der Waals surface area contributed by atoms with Crippen LogP contribution in [0.15, 0.2) is 23.1 Å². The summed E-state index contributed by atoms with van der Waals surface area (Å²) in [5.41, 5.74) is 1.64. The average molecular weight is 414 g/mol. The van der Waals surface area contributed by atoms with Gasteiger partial charge in [-0.15, -0.1) is 0 Å². The van der Waals surface area contributed by atoms with Gasteiger partial charge in [0, 0.05) is 18.8 Å². The van der Waals surface area contributed by atoms with Gasteiger partial charge in [0.25, 0.3) is 5.91 Å². The minimum atomic E-state index is -3.57. The number of aromatic nitrogens is 1. The van der Waals surface area contributed by atoms with Gasteiger partial charge in [0.05, 0.1) is 10.6 Å². The molecule has 0 saturated carbocycles. The Morgan fingerprint density at radius 2 is 1.92 bits per heavy atom. The van der Waals surface area contributed by atoms with E-state index in [9.17, 15) is 13.2 Å². The first kappa shape index (κ1) is 19.3. The molecule has 0 bridgehead atoms. The third-order valence-electron chi connectivity index (χ3n) is 4.36. The summed E-state index contributed by atoms with van der Waals surface area (Å²) in [5.74, 6) is -0.350. The Labute approximate surface area is 162 Å². The van der Waals surface area contributed by atoms with Crippen LogP contribution >= 0.6 is 22.9 Å². The second-order valence-corrected chi connectivity index (χ2v) is 9.77. The van der Waals surface area contributed by atoms with Gasteiger partial charge in [0.1, 0.15) is 4.88 Å². The molecule has 26 heavy (non-hydrogen) atoms. The third kappa shape index (κ3) is 3.93. The van der Waals surface area contributed by atoms with E-state index < -0.39 is 10.0 Å². The predicted octanol–water partition coefficient (Wildman–Crippen LogP) is 3.84. The van der Waals surface area contributed by atoms with Crippen LogP contribution in [-0.4, -0.2) is 36.7 Å². The smallest absolute Gasteiger partial charge is 0.267 e. The third-order valence-corrected chi connectivity index (χ3v) is 7.66. The second-order valence-electron chi connectivity index (χ2n) is 6.28. The summed E-state index contributed by atoms with van der Waals surface area (Å²) in [6.07, 6.45) is 2.80. The van der Waals surface area contributed by atoms with Crippen molar-refractivity contribution >= 4 is 44.6 Å². The number of carbonyl (C=O) groups is 1. The van der Waals surface area contributed by atoms with E-state index in [0.29, 0.717) is 39.4 Å².